The quantitative estimate of drug-likeness (QED) is 0.764. The monoisotopic (exact) mass is 285 g/mol. The third-order valence-corrected chi connectivity index (χ3v) is 3.68. The number of piperazine rings is 1. The van der Waals surface area contributed by atoms with Gasteiger partial charge in [0.1, 0.15) is 0 Å². The molecule has 1 saturated heterocycles. The molecule has 1 fully saturated rings. The summed E-state index contributed by atoms with van der Waals surface area (Å²) in [5.74, 6) is -0.165. The number of carbonyl (C=O) groups excluding carboxylic acids is 1. The van der Waals surface area contributed by atoms with E-state index >= 15 is 0 Å². The average Bonchev–Trinajstić information content (AvgIpc) is 2.52. The topological polar surface area (TPSA) is 44.4 Å². The summed E-state index contributed by atoms with van der Waals surface area (Å²) in [5.41, 5.74) is 0.217. The number of nitrogens with zero attached hydrogens (tertiary/aromatic N) is 1. The van der Waals surface area contributed by atoms with Crippen LogP contribution in [-0.2, 0) is 11.0 Å². The summed E-state index contributed by atoms with van der Waals surface area (Å²) in [4.78, 5) is 13.7. The maximum absolute atomic E-state index is 12.8. The Bertz CT molecular complexity index is 544. The molecule has 1 aromatic carbocycles. The largest absolute Gasteiger partial charge is 0.416 e. The number of benzene rings is 1. The van der Waals surface area contributed by atoms with Crippen LogP contribution >= 0.6 is 0 Å². The molecule has 0 spiro atoms. The average molecular weight is 285 g/mol. The first-order valence-electron chi connectivity index (χ1n) is 6.43. The van der Waals surface area contributed by atoms with E-state index in [-0.39, 0.29) is 18.4 Å². The third kappa shape index (κ3) is 2.33. The van der Waals surface area contributed by atoms with Crippen LogP contribution in [0, 0.1) is 0 Å². The molecular formula is C13H14F3N3O. The molecule has 2 aliphatic rings. The Labute approximate surface area is 113 Å². The number of halogens is 3. The highest BCUT2D eigenvalue weighted by Gasteiger charge is 2.35. The number of hydrogen-bond donors (Lipinski definition) is 2. The van der Waals surface area contributed by atoms with Crippen LogP contribution in [0.15, 0.2) is 18.2 Å². The maximum atomic E-state index is 12.8. The van der Waals surface area contributed by atoms with E-state index in [1.54, 1.807) is 0 Å². The highest BCUT2D eigenvalue weighted by Crippen LogP contribution is 2.38. The molecule has 3 rings (SSSR count). The molecule has 108 valence electrons. The predicted octanol–water partition coefficient (Wildman–Crippen LogP) is 1.83. The van der Waals surface area contributed by atoms with Crippen molar-refractivity contribution in [3.63, 3.8) is 0 Å². The van der Waals surface area contributed by atoms with Crippen molar-refractivity contribution in [1.29, 1.82) is 0 Å². The smallest absolute Gasteiger partial charge is 0.364 e. The summed E-state index contributed by atoms with van der Waals surface area (Å²) >= 11 is 0. The molecule has 4 nitrogen and oxygen atoms in total. The molecule has 2 heterocycles. The zero-order valence-electron chi connectivity index (χ0n) is 10.6. The summed E-state index contributed by atoms with van der Waals surface area (Å²) in [6.45, 7) is 1.89. The Morgan fingerprint density at radius 3 is 2.85 bits per heavy atom. The number of nitrogens with one attached hydrogen (secondary N) is 2. The Morgan fingerprint density at radius 2 is 2.10 bits per heavy atom. The summed E-state index contributed by atoms with van der Waals surface area (Å²) in [5, 5.41) is 5.85. The predicted molar refractivity (Wildman–Crippen MR) is 68.7 cm³/mol. The van der Waals surface area contributed by atoms with Crippen LogP contribution in [0.25, 0.3) is 0 Å². The Balaban J connectivity index is 2.07. The lowest BCUT2D eigenvalue weighted by atomic mass is 10.1. The molecular weight excluding hydrogens is 271 g/mol. The van der Waals surface area contributed by atoms with Gasteiger partial charge in [0, 0.05) is 26.1 Å². The van der Waals surface area contributed by atoms with Gasteiger partial charge in [-0.15, -0.1) is 0 Å². The fourth-order valence-electron chi connectivity index (χ4n) is 2.73. The Morgan fingerprint density at radius 1 is 1.30 bits per heavy atom. The minimum absolute atomic E-state index is 0.103. The second kappa shape index (κ2) is 4.66. The van der Waals surface area contributed by atoms with Crippen molar-refractivity contribution in [1.82, 2.24) is 5.32 Å². The minimum atomic E-state index is -4.38. The number of amides is 1. The van der Waals surface area contributed by atoms with Crippen LogP contribution < -0.4 is 15.5 Å². The lowest BCUT2D eigenvalue weighted by Crippen LogP contribution is -2.51. The first-order valence-corrected chi connectivity index (χ1v) is 6.43. The van der Waals surface area contributed by atoms with Crippen LogP contribution in [-0.4, -0.2) is 31.6 Å². The van der Waals surface area contributed by atoms with Gasteiger partial charge in [-0.3, -0.25) is 4.79 Å². The highest BCUT2D eigenvalue weighted by molar-refractivity contribution is 5.97. The van der Waals surface area contributed by atoms with Crippen LogP contribution in [0.3, 0.4) is 0 Å². The van der Waals surface area contributed by atoms with Crippen molar-refractivity contribution in [2.24, 2.45) is 0 Å². The number of hydrogen-bond acceptors (Lipinski definition) is 3. The maximum Gasteiger partial charge on any atom is 0.416 e. The van der Waals surface area contributed by atoms with E-state index in [9.17, 15) is 18.0 Å². The highest BCUT2D eigenvalue weighted by atomic mass is 19.4. The van der Waals surface area contributed by atoms with E-state index in [2.05, 4.69) is 10.6 Å². The SMILES string of the molecule is O=C1CC2CNCCN2c2cc(C(F)(F)F)ccc2N1. The second-order valence-corrected chi connectivity index (χ2v) is 5.03. The van der Waals surface area contributed by atoms with Gasteiger partial charge in [-0.1, -0.05) is 0 Å². The summed E-state index contributed by atoms with van der Waals surface area (Å²) < 4.78 is 38.5. The van der Waals surface area contributed by atoms with Gasteiger partial charge in [0.15, 0.2) is 0 Å². The van der Waals surface area contributed by atoms with E-state index in [4.69, 9.17) is 0 Å². The van der Waals surface area contributed by atoms with Gasteiger partial charge in [0.25, 0.3) is 0 Å². The summed E-state index contributed by atoms with van der Waals surface area (Å²) in [6, 6.07) is 3.36. The number of rotatable bonds is 0. The summed E-state index contributed by atoms with van der Waals surface area (Å²) in [6.07, 6.45) is -4.10. The standard InChI is InChI=1S/C13H14F3N3O/c14-13(15,16)8-1-2-10-11(5-8)19-4-3-17-7-9(19)6-12(20)18-10/h1-2,5,9,17H,3-4,6-7H2,(H,18,20). The zero-order valence-corrected chi connectivity index (χ0v) is 10.6. The van der Waals surface area contributed by atoms with Crippen LogP contribution in [0.2, 0.25) is 0 Å². The normalized spacial score (nSPS) is 22.6. The molecule has 1 atom stereocenters. The van der Waals surface area contributed by atoms with Crippen molar-refractivity contribution in [2.45, 2.75) is 18.6 Å². The number of alkyl halides is 3. The zero-order chi connectivity index (χ0) is 14.3. The number of carbonyl (C=O) groups is 1. The number of fused-ring (bicyclic) bond motifs is 3. The summed E-state index contributed by atoms with van der Waals surface area (Å²) in [7, 11) is 0. The van der Waals surface area contributed by atoms with Gasteiger partial charge in [-0.05, 0) is 18.2 Å². The van der Waals surface area contributed by atoms with Crippen LogP contribution in [0.4, 0.5) is 24.5 Å². The van der Waals surface area contributed by atoms with Gasteiger partial charge in [-0.25, -0.2) is 0 Å². The lowest BCUT2D eigenvalue weighted by Gasteiger charge is -2.36. The van der Waals surface area contributed by atoms with E-state index < -0.39 is 11.7 Å². The van der Waals surface area contributed by atoms with Gasteiger partial charge < -0.3 is 15.5 Å². The Kier molecular flexibility index (Phi) is 3.08. The molecule has 20 heavy (non-hydrogen) atoms. The molecule has 1 unspecified atom stereocenters. The van der Waals surface area contributed by atoms with E-state index in [1.807, 2.05) is 4.90 Å². The van der Waals surface area contributed by atoms with E-state index in [1.165, 1.54) is 6.07 Å². The fourth-order valence-corrected chi connectivity index (χ4v) is 2.73. The third-order valence-electron chi connectivity index (χ3n) is 3.68. The molecule has 0 bridgehead atoms. The fraction of sp³-hybridized carbons (Fsp3) is 0.462. The first kappa shape index (κ1) is 13.2. The minimum Gasteiger partial charge on any atom is -0.364 e. The van der Waals surface area contributed by atoms with Gasteiger partial charge in [-0.2, -0.15) is 13.2 Å². The molecule has 0 aliphatic carbocycles. The lowest BCUT2D eigenvalue weighted by molar-refractivity contribution is -0.137. The van der Waals surface area contributed by atoms with Gasteiger partial charge in [0.05, 0.1) is 23.0 Å². The first-order chi connectivity index (χ1) is 9.45. The molecule has 7 heteroatoms. The van der Waals surface area contributed by atoms with Gasteiger partial charge in [0.2, 0.25) is 5.91 Å². The van der Waals surface area contributed by atoms with E-state index in [0.717, 1.165) is 12.1 Å². The van der Waals surface area contributed by atoms with Crippen molar-refractivity contribution in [2.75, 3.05) is 29.9 Å². The number of anilines is 2. The van der Waals surface area contributed by atoms with Crippen LogP contribution in [0.5, 0.6) is 0 Å². The van der Waals surface area contributed by atoms with Crippen molar-refractivity contribution in [3.05, 3.63) is 23.8 Å². The molecule has 2 N–H and O–H groups in total. The molecule has 1 aromatic rings. The molecule has 0 radical (unpaired) electrons. The van der Waals surface area contributed by atoms with Crippen molar-refractivity contribution in [3.8, 4) is 0 Å². The molecule has 1 amide bonds. The molecule has 2 aliphatic heterocycles. The second-order valence-electron chi connectivity index (χ2n) is 5.03. The molecule has 0 saturated carbocycles. The Hall–Kier alpha value is -1.76. The van der Waals surface area contributed by atoms with E-state index in [0.29, 0.717) is 31.0 Å². The van der Waals surface area contributed by atoms with Crippen LogP contribution in [0.1, 0.15) is 12.0 Å². The van der Waals surface area contributed by atoms with Crippen molar-refractivity contribution < 1.29 is 18.0 Å². The van der Waals surface area contributed by atoms with Crippen molar-refractivity contribution >= 4 is 17.3 Å². The molecule has 0 aromatic heterocycles. The van der Waals surface area contributed by atoms with Gasteiger partial charge >= 0.3 is 6.18 Å².